The molecule has 2 aliphatic carbocycles. The quantitative estimate of drug-likeness (QED) is 0.504. The largest absolute Gasteiger partial charge is 0.398 e. The summed E-state index contributed by atoms with van der Waals surface area (Å²) in [6, 6.07) is 12.4. The summed E-state index contributed by atoms with van der Waals surface area (Å²) in [5.41, 5.74) is 13.2. The molecule has 0 heterocycles. The maximum absolute atomic E-state index is 8.79. The van der Waals surface area contributed by atoms with Gasteiger partial charge in [0.05, 0.1) is 11.1 Å². The van der Waals surface area contributed by atoms with E-state index in [0.717, 1.165) is 28.4 Å². The highest BCUT2D eigenvalue weighted by Gasteiger charge is 2.13. The molecule has 120 valence electrons. The lowest BCUT2D eigenvalue weighted by Gasteiger charge is -2.02. The van der Waals surface area contributed by atoms with Gasteiger partial charge in [0.2, 0.25) is 0 Å². The third-order valence-corrected chi connectivity index (χ3v) is 5.58. The molecule has 0 atom stereocenters. The van der Waals surface area contributed by atoms with E-state index in [0.29, 0.717) is 11.3 Å². The zero-order chi connectivity index (χ0) is 17.1. The van der Waals surface area contributed by atoms with Crippen molar-refractivity contribution < 1.29 is 0 Å². The molecule has 24 heavy (non-hydrogen) atoms. The van der Waals surface area contributed by atoms with E-state index >= 15 is 0 Å². The molecule has 0 saturated carbocycles. The number of hydrogen-bond acceptors (Lipinski definition) is 3. The van der Waals surface area contributed by atoms with Crippen LogP contribution in [0.25, 0.3) is 0 Å². The van der Waals surface area contributed by atoms with Crippen LogP contribution in [0.15, 0.2) is 24.3 Å². The lowest BCUT2D eigenvalue weighted by Crippen LogP contribution is -1.93. The van der Waals surface area contributed by atoms with E-state index in [2.05, 4.69) is 40.8 Å². The van der Waals surface area contributed by atoms with E-state index in [4.69, 9.17) is 16.3 Å². The van der Waals surface area contributed by atoms with Crippen LogP contribution < -0.4 is 5.73 Å². The summed E-state index contributed by atoms with van der Waals surface area (Å²) in [6.07, 6.45) is 7.01. The molecular weight excluding hydrogens is 409 g/mol. The number of nitrogens with zero attached hydrogens (tertiary/aromatic N) is 2. The summed E-state index contributed by atoms with van der Waals surface area (Å²) in [6.45, 7) is 0. The van der Waals surface area contributed by atoms with Gasteiger partial charge in [0.25, 0.3) is 0 Å². The first-order valence-electron chi connectivity index (χ1n) is 8.15. The van der Waals surface area contributed by atoms with Crippen molar-refractivity contribution >= 4 is 28.3 Å². The van der Waals surface area contributed by atoms with Crippen molar-refractivity contribution in [3.63, 3.8) is 0 Å². The van der Waals surface area contributed by atoms with Crippen LogP contribution in [-0.2, 0) is 25.7 Å². The molecule has 4 heteroatoms. The number of nitrogen functional groups attached to an aromatic ring is 1. The number of benzene rings is 2. The third kappa shape index (κ3) is 3.39. The summed E-state index contributed by atoms with van der Waals surface area (Å²) in [5, 5.41) is 17.5. The van der Waals surface area contributed by atoms with Crippen molar-refractivity contribution in [1.29, 1.82) is 10.5 Å². The highest BCUT2D eigenvalue weighted by molar-refractivity contribution is 14.1. The Morgan fingerprint density at radius 3 is 1.75 bits per heavy atom. The Labute approximate surface area is 156 Å². The number of nitriles is 2. The first-order chi connectivity index (χ1) is 11.6. The fourth-order valence-corrected chi connectivity index (χ4v) is 4.07. The number of aryl methyl sites for hydroxylation is 4. The Kier molecular flexibility index (Phi) is 5.06. The molecule has 0 aromatic heterocycles. The van der Waals surface area contributed by atoms with Gasteiger partial charge >= 0.3 is 0 Å². The first-order valence-corrected chi connectivity index (χ1v) is 9.23. The van der Waals surface area contributed by atoms with E-state index < -0.39 is 0 Å². The van der Waals surface area contributed by atoms with Crippen LogP contribution in [0.1, 0.15) is 46.2 Å². The number of nitrogens with two attached hydrogens (primary N) is 1. The highest BCUT2D eigenvalue weighted by atomic mass is 127. The average molecular weight is 427 g/mol. The zero-order valence-electron chi connectivity index (χ0n) is 13.4. The van der Waals surface area contributed by atoms with Gasteiger partial charge in [-0.2, -0.15) is 10.5 Å². The topological polar surface area (TPSA) is 73.6 Å². The van der Waals surface area contributed by atoms with Crippen molar-refractivity contribution in [3.8, 4) is 12.1 Å². The van der Waals surface area contributed by atoms with Crippen LogP contribution >= 0.6 is 22.6 Å². The van der Waals surface area contributed by atoms with Crippen LogP contribution in [0, 0.1) is 26.2 Å². The molecule has 0 bridgehead atoms. The van der Waals surface area contributed by atoms with Gasteiger partial charge in [-0.05, 0) is 108 Å². The molecule has 2 aliphatic rings. The molecule has 0 spiro atoms. The van der Waals surface area contributed by atoms with Gasteiger partial charge in [0.15, 0.2) is 0 Å². The monoisotopic (exact) mass is 427 g/mol. The predicted molar refractivity (Wildman–Crippen MR) is 103 cm³/mol. The van der Waals surface area contributed by atoms with Gasteiger partial charge in [0.1, 0.15) is 12.1 Å². The molecule has 2 N–H and O–H groups in total. The van der Waals surface area contributed by atoms with E-state index in [1.165, 1.54) is 41.5 Å². The predicted octanol–water partition coefficient (Wildman–Crippen LogP) is 4.28. The molecular formula is C20H18IN3. The molecule has 0 fully saturated rings. The molecule has 0 radical (unpaired) electrons. The molecule has 2 aromatic rings. The maximum Gasteiger partial charge on any atom is 0.101 e. The van der Waals surface area contributed by atoms with Crippen molar-refractivity contribution in [2.45, 2.75) is 38.5 Å². The molecule has 0 saturated heterocycles. The fourth-order valence-electron chi connectivity index (χ4n) is 3.42. The number of rotatable bonds is 0. The second-order valence-electron chi connectivity index (χ2n) is 6.24. The van der Waals surface area contributed by atoms with Crippen molar-refractivity contribution in [1.82, 2.24) is 0 Å². The van der Waals surface area contributed by atoms with Crippen LogP contribution in [0.3, 0.4) is 0 Å². The Balaban J connectivity index is 0.000000141. The summed E-state index contributed by atoms with van der Waals surface area (Å²) >= 11 is 2.23. The van der Waals surface area contributed by atoms with E-state index in [9.17, 15) is 0 Å². The van der Waals surface area contributed by atoms with Crippen LogP contribution in [0.2, 0.25) is 0 Å². The zero-order valence-corrected chi connectivity index (χ0v) is 15.6. The average Bonchev–Trinajstić information content (AvgIpc) is 3.21. The molecule has 0 amide bonds. The Morgan fingerprint density at radius 2 is 1.21 bits per heavy atom. The van der Waals surface area contributed by atoms with Crippen molar-refractivity contribution in [3.05, 3.63) is 61.2 Å². The van der Waals surface area contributed by atoms with Gasteiger partial charge in [0, 0.05) is 9.26 Å². The normalized spacial score (nSPS) is 14.0. The standard InChI is InChI=1S/C10H8IN.C10H10N2/c11-10-5-8-3-1-2-7(8)4-9(10)6-12;11-6-9-4-7-2-1-3-8(7)5-10(9)12/h4-5H,1-3H2;4-5H,1-3,12H2. The van der Waals surface area contributed by atoms with Gasteiger partial charge in [-0.1, -0.05) is 0 Å². The minimum atomic E-state index is 0.621. The summed E-state index contributed by atoms with van der Waals surface area (Å²) < 4.78 is 1.09. The lowest BCUT2D eigenvalue weighted by molar-refractivity contribution is 0.911. The van der Waals surface area contributed by atoms with Crippen LogP contribution in [-0.4, -0.2) is 0 Å². The van der Waals surface area contributed by atoms with E-state index in [1.807, 2.05) is 18.2 Å². The molecule has 0 aliphatic heterocycles. The Bertz CT molecular complexity index is 797. The molecule has 4 rings (SSSR count). The molecule has 3 nitrogen and oxygen atoms in total. The SMILES string of the molecule is N#Cc1cc2c(cc1I)CCC2.N#Cc1cc2c(cc1N)CCC2. The third-order valence-electron chi connectivity index (χ3n) is 4.69. The van der Waals surface area contributed by atoms with E-state index in [1.54, 1.807) is 0 Å². The summed E-state index contributed by atoms with van der Waals surface area (Å²) in [4.78, 5) is 0. The van der Waals surface area contributed by atoms with Gasteiger partial charge < -0.3 is 5.73 Å². The number of halogens is 1. The first kappa shape index (κ1) is 16.8. The molecule has 0 unspecified atom stereocenters. The van der Waals surface area contributed by atoms with E-state index in [-0.39, 0.29) is 0 Å². The Hall–Kier alpha value is -2.05. The number of hydrogen-bond donors (Lipinski definition) is 1. The van der Waals surface area contributed by atoms with Gasteiger partial charge in [-0.15, -0.1) is 0 Å². The van der Waals surface area contributed by atoms with Crippen LogP contribution in [0.4, 0.5) is 5.69 Å². The highest BCUT2D eigenvalue weighted by Crippen LogP contribution is 2.27. The fraction of sp³-hybridized carbons (Fsp3) is 0.300. The minimum absolute atomic E-state index is 0.621. The van der Waals surface area contributed by atoms with Crippen molar-refractivity contribution in [2.75, 3.05) is 5.73 Å². The second kappa shape index (κ2) is 7.23. The number of fused-ring (bicyclic) bond motifs is 2. The number of anilines is 1. The smallest absolute Gasteiger partial charge is 0.101 e. The van der Waals surface area contributed by atoms with Gasteiger partial charge in [-0.3, -0.25) is 0 Å². The Morgan fingerprint density at radius 1 is 0.750 bits per heavy atom. The van der Waals surface area contributed by atoms with Gasteiger partial charge in [-0.25, -0.2) is 0 Å². The molecule has 2 aromatic carbocycles. The van der Waals surface area contributed by atoms with Crippen molar-refractivity contribution in [2.24, 2.45) is 0 Å². The van der Waals surface area contributed by atoms with Crippen LogP contribution in [0.5, 0.6) is 0 Å². The summed E-state index contributed by atoms with van der Waals surface area (Å²) in [7, 11) is 0. The lowest BCUT2D eigenvalue weighted by atomic mass is 10.1. The summed E-state index contributed by atoms with van der Waals surface area (Å²) in [5.74, 6) is 0. The second-order valence-corrected chi connectivity index (χ2v) is 7.40. The minimum Gasteiger partial charge on any atom is -0.398 e. The maximum atomic E-state index is 8.79.